The maximum Gasteiger partial charge on any atom is 0.250 e. The van der Waals surface area contributed by atoms with Gasteiger partial charge in [-0.2, -0.15) is 0 Å². The Bertz CT molecular complexity index is 531. The van der Waals surface area contributed by atoms with E-state index in [1.54, 1.807) is 4.90 Å². The molecule has 0 saturated carbocycles. The molecule has 0 aromatic heterocycles. The van der Waals surface area contributed by atoms with Crippen LogP contribution in [0.1, 0.15) is 34.6 Å². The van der Waals surface area contributed by atoms with E-state index in [-0.39, 0.29) is 23.1 Å². The molecule has 2 rings (SSSR count). The molecule has 114 valence electrons. The molecule has 1 fully saturated rings. The zero-order valence-corrected chi connectivity index (χ0v) is 13.4. The van der Waals surface area contributed by atoms with Crippen molar-refractivity contribution in [2.45, 2.75) is 46.7 Å². The Labute approximate surface area is 126 Å². The van der Waals surface area contributed by atoms with Crippen LogP contribution >= 0.6 is 0 Å². The minimum Gasteiger partial charge on any atom is -0.342 e. The van der Waals surface area contributed by atoms with Gasteiger partial charge >= 0.3 is 0 Å². The van der Waals surface area contributed by atoms with Crippen LogP contribution in [0, 0.1) is 11.3 Å². The first-order valence-electron chi connectivity index (χ1n) is 7.42. The van der Waals surface area contributed by atoms with E-state index in [9.17, 15) is 9.59 Å². The third-order valence-corrected chi connectivity index (χ3v) is 3.85. The van der Waals surface area contributed by atoms with Crippen molar-refractivity contribution in [3.63, 3.8) is 0 Å². The molecule has 1 aliphatic rings. The minimum atomic E-state index is -0.500. The first-order chi connectivity index (χ1) is 9.73. The van der Waals surface area contributed by atoms with Crippen molar-refractivity contribution in [3.05, 3.63) is 30.3 Å². The number of para-hydroxylation sites is 1. The van der Waals surface area contributed by atoms with E-state index in [2.05, 4.69) is 5.32 Å². The van der Waals surface area contributed by atoms with Gasteiger partial charge in [0.2, 0.25) is 5.91 Å². The number of carbonyl (C=O) groups is 2. The summed E-state index contributed by atoms with van der Waals surface area (Å²) in [7, 11) is 0. The van der Waals surface area contributed by atoms with Gasteiger partial charge < -0.3 is 5.32 Å². The van der Waals surface area contributed by atoms with Crippen LogP contribution in [0.25, 0.3) is 0 Å². The maximum absolute atomic E-state index is 12.9. The summed E-state index contributed by atoms with van der Waals surface area (Å²) in [4.78, 5) is 27.1. The molecule has 1 N–H and O–H groups in total. The highest BCUT2D eigenvalue weighted by atomic mass is 16.2. The van der Waals surface area contributed by atoms with Gasteiger partial charge in [-0.05, 0) is 23.5 Å². The standard InChI is InChI=1S/C17H24N2O2/c1-11(2)13-15(20)18-14(17(3,4)5)16(21)19(13)12-9-7-6-8-10-12/h6-11,13-14H,1-5H3,(H,18,20). The Morgan fingerprint density at radius 2 is 1.67 bits per heavy atom. The molecule has 1 heterocycles. The number of carbonyl (C=O) groups excluding carboxylic acids is 2. The highest BCUT2D eigenvalue weighted by Crippen LogP contribution is 2.30. The SMILES string of the molecule is CC(C)C1C(=O)NC(C(C)(C)C)C(=O)N1c1ccccc1. The Morgan fingerprint density at radius 1 is 1.10 bits per heavy atom. The van der Waals surface area contributed by atoms with Gasteiger partial charge in [-0.15, -0.1) is 0 Å². The predicted octanol–water partition coefficient (Wildman–Crippen LogP) is 2.59. The number of nitrogens with zero attached hydrogens (tertiary/aromatic N) is 1. The molecule has 0 bridgehead atoms. The van der Waals surface area contributed by atoms with E-state index < -0.39 is 12.1 Å². The van der Waals surface area contributed by atoms with E-state index in [4.69, 9.17) is 0 Å². The quantitative estimate of drug-likeness (QED) is 0.909. The molecule has 2 atom stereocenters. The van der Waals surface area contributed by atoms with Crippen LogP contribution in [0.3, 0.4) is 0 Å². The van der Waals surface area contributed by atoms with Crippen LogP contribution in [0.2, 0.25) is 0 Å². The van der Waals surface area contributed by atoms with Crippen LogP contribution in [-0.2, 0) is 9.59 Å². The number of hydrogen-bond donors (Lipinski definition) is 1. The fourth-order valence-corrected chi connectivity index (χ4v) is 2.75. The maximum atomic E-state index is 12.9. The highest BCUT2D eigenvalue weighted by Gasteiger charge is 2.46. The van der Waals surface area contributed by atoms with Crippen molar-refractivity contribution in [2.75, 3.05) is 4.90 Å². The first-order valence-corrected chi connectivity index (χ1v) is 7.42. The lowest BCUT2D eigenvalue weighted by molar-refractivity contribution is -0.137. The topological polar surface area (TPSA) is 49.4 Å². The number of amides is 2. The zero-order valence-electron chi connectivity index (χ0n) is 13.4. The average molecular weight is 288 g/mol. The predicted molar refractivity (Wildman–Crippen MR) is 83.9 cm³/mol. The fraction of sp³-hybridized carbons (Fsp3) is 0.529. The van der Waals surface area contributed by atoms with Crippen LogP contribution in [0.4, 0.5) is 5.69 Å². The first kappa shape index (κ1) is 15.5. The number of rotatable bonds is 2. The normalized spacial score (nSPS) is 23.4. The molecule has 1 aromatic carbocycles. The molecule has 2 amide bonds. The Morgan fingerprint density at radius 3 is 2.14 bits per heavy atom. The van der Waals surface area contributed by atoms with Crippen molar-refractivity contribution < 1.29 is 9.59 Å². The summed E-state index contributed by atoms with van der Waals surface area (Å²) in [6.45, 7) is 9.83. The smallest absolute Gasteiger partial charge is 0.250 e. The molecular weight excluding hydrogens is 264 g/mol. The summed E-state index contributed by atoms with van der Waals surface area (Å²) in [6, 6.07) is 8.48. The van der Waals surface area contributed by atoms with Gasteiger partial charge in [0.25, 0.3) is 5.91 Å². The lowest BCUT2D eigenvalue weighted by atomic mass is 9.82. The summed E-state index contributed by atoms with van der Waals surface area (Å²) >= 11 is 0. The Kier molecular flexibility index (Phi) is 4.08. The van der Waals surface area contributed by atoms with Crippen molar-refractivity contribution in [3.8, 4) is 0 Å². The molecule has 0 radical (unpaired) electrons. The van der Waals surface area contributed by atoms with Gasteiger partial charge in [0.15, 0.2) is 0 Å². The summed E-state index contributed by atoms with van der Waals surface area (Å²) in [6.07, 6.45) is 0. The van der Waals surface area contributed by atoms with Crippen molar-refractivity contribution in [1.82, 2.24) is 5.32 Å². The van der Waals surface area contributed by atoms with Gasteiger partial charge in [-0.3, -0.25) is 14.5 Å². The van der Waals surface area contributed by atoms with Gasteiger partial charge in [-0.25, -0.2) is 0 Å². The van der Waals surface area contributed by atoms with Gasteiger partial charge in [0, 0.05) is 5.69 Å². The highest BCUT2D eigenvalue weighted by molar-refractivity contribution is 6.08. The molecule has 4 heteroatoms. The number of piperazine rings is 1. The molecule has 4 nitrogen and oxygen atoms in total. The van der Waals surface area contributed by atoms with Crippen LogP contribution in [0.15, 0.2) is 30.3 Å². The Hall–Kier alpha value is -1.84. The van der Waals surface area contributed by atoms with Gasteiger partial charge in [-0.1, -0.05) is 52.8 Å². The van der Waals surface area contributed by atoms with Crippen LogP contribution in [-0.4, -0.2) is 23.9 Å². The summed E-state index contributed by atoms with van der Waals surface area (Å²) in [5.74, 6) is -0.0598. The van der Waals surface area contributed by atoms with Gasteiger partial charge in [0.05, 0.1) is 0 Å². The average Bonchev–Trinajstić information content (AvgIpc) is 2.39. The fourth-order valence-electron chi connectivity index (χ4n) is 2.75. The van der Waals surface area contributed by atoms with Crippen molar-refractivity contribution in [2.24, 2.45) is 11.3 Å². The number of benzene rings is 1. The third-order valence-electron chi connectivity index (χ3n) is 3.85. The van der Waals surface area contributed by atoms with Crippen LogP contribution in [0.5, 0.6) is 0 Å². The second kappa shape index (κ2) is 5.51. The van der Waals surface area contributed by atoms with E-state index in [1.807, 2.05) is 65.0 Å². The molecule has 1 aliphatic heterocycles. The molecule has 1 saturated heterocycles. The molecule has 0 aliphatic carbocycles. The Balaban J connectivity index is 2.48. The number of hydrogen-bond acceptors (Lipinski definition) is 2. The van der Waals surface area contributed by atoms with E-state index in [0.717, 1.165) is 5.69 Å². The molecule has 21 heavy (non-hydrogen) atoms. The largest absolute Gasteiger partial charge is 0.342 e. The second-order valence-corrected chi connectivity index (χ2v) is 7.04. The zero-order chi connectivity index (χ0) is 15.8. The molecular formula is C17H24N2O2. The second-order valence-electron chi connectivity index (χ2n) is 7.04. The lowest BCUT2D eigenvalue weighted by Crippen LogP contribution is -2.68. The van der Waals surface area contributed by atoms with E-state index >= 15 is 0 Å². The summed E-state index contributed by atoms with van der Waals surface area (Å²) in [5, 5.41) is 2.91. The monoisotopic (exact) mass is 288 g/mol. The van der Waals surface area contributed by atoms with Gasteiger partial charge in [0.1, 0.15) is 12.1 Å². The van der Waals surface area contributed by atoms with E-state index in [0.29, 0.717) is 0 Å². The van der Waals surface area contributed by atoms with E-state index in [1.165, 1.54) is 0 Å². The molecule has 1 aromatic rings. The summed E-state index contributed by atoms with van der Waals surface area (Å²) in [5.41, 5.74) is 0.465. The van der Waals surface area contributed by atoms with Crippen molar-refractivity contribution >= 4 is 17.5 Å². The number of nitrogens with one attached hydrogen (secondary N) is 1. The minimum absolute atomic E-state index is 0.0352. The van der Waals surface area contributed by atoms with Crippen molar-refractivity contribution in [1.29, 1.82) is 0 Å². The third kappa shape index (κ3) is 2.94. The molecule has 0 spiro atoms. The van der Waals surface area contributed by atoms with Crippen LogP contribution < -0.4 is 10.2 Å². The lowest BCUT2D eigenvalue weighted by Gasteiger charge is -2.44. The summed E-state index contributed by atoms with van der Waals surface area (Å²) < 4.78 is 0. The molecule has 2 unspecified atom stereocenters. The number of anilines is 1.